The van der Waals surface area contributed by atoms with E-state index in [-0.39, 0.29) is 24.1 Å². The first kappa shape index (κ1) is 18.3. The van der Waals surface area contributed by atoms with E-state index in [1.807, 2.05) is 18.2 Å². The minimum atomic E-state index is -0.573. The summed E-state index contributed by atoms with van der Waals surface area (Å²) in [6, 6.07) is 5.18. The number of fused-ring (bicyclic) bond motifs is 1. The van der Waals surface area contributed by atoms with Crippen LogP contribution >= 0.6 is 0 Å². The third kappa shape index (κ3) is 3.84. The molecule has 1 atom stereocenters. The molecule has 1 saturated heterocycles. The number of piperidine rings is 1. The van der Waals surface area contributed by atoms with E-state index in [0.29, 0.717) is 31.6 Å². The summed E-state index contributed by atoms with van der Waals surface area (Å²) in [7, 11) is 0. The predicted molar refractivity (Wildman–Crippen MR) is 97.0 cm³/mol. The number of carbonyl (C=O) groups is 3. The molecule has 0 spiro atoms. The lowest BCUT2D eigenvalue weighted by atomic mass is 10.0. The Morgan fingerprint density at radius 3 is 2.88 bits per heavy atom. The number of amides is 3. The van der Waals surface area contributed by atoms with Gasteiger partial charge in [0.1, 0.15) is 6.04 Å². The van der Waals surface area contributed by atoms with Crippen LogP contribution in [-0.2, 0) is 22.7 Å². The van der Waals surface area contributed by atoms with Crippen molar-refractivity contribution in [2.24, 2.45) is 5.73 Å². The van der Waals surface area contributed by atoms with Crippen molar-refractivity contribution in [3.05, 3.63) is 47.0 Å². The number of imide groups is 1. The molecule has 1 aromatic rings. The highest BCUT2D eigenvalue weighted by molar-refractivity contribution is 6.05. The Morgan fingerprint density at radius 2 is 2.15 bits per heavy atom. The number of hydrogen-bond acceptors (Lipinski definition) is 5. The van der Waals surface area contributed by atoms with Gasteiger partial charge in [0.2, 0.25) is 11.8 Å². The minimum Gasteiger partial charge on any atom is -0.327 e. The predicted octanol–water partition coefficient (Wildman–Crippen LogP) is 0.442. The molecule has 138 valence electrons. The average Bonchev–Trinajstić information content (AvgIpc) is 2.94. The Bertz CT molecular complexity index is 759. The molecule has 1 unspecified atom stereocenters. The van der Waals surface area contributed by atoms with Crippen molar-refractivity contribution in [1.29, 1.82) is 0 Å². The summed E-state index contributed by atoms with van der Waals surface area (Å²) < 4.78 is 0. The highest BCUT2D eigenvalue weighted by Gasteiger charge is 2.38. The molecule has 3 amide bonds. The van der Waals surface area contributed by atoms with E-state index in [4.69, 9.17) is 5.73 Å². The van der Waals surface area contributed by atoms with Crippen molar-refractivity contribution in [3.8, 4) is 0 Å². The van der Waals surface area contributed by atoms with Gasteiger partial charge in [-0.3, -0.25) is 19.7 Å². The van der Waals surface area contributed by atoms with E-state index in [9.17, 15) is 14.4 Å². The van der Waals surface area contributed by atoms with Crippen LogP contribution in [0, 0.1) is 0 Å². The SMILES string of the molecule is C=C(CN)CCNCc1ccc2c(c1)CN(C1CCC(=O)NC1=O)C2=O. The highest BCUT2D eigenvalue weighted by atomic mass is 16.2. The third-order valence-electron chi connectivity index (χ3n) is 4.86. The van der Waals surface area contributed by atoms with Crippen LogP contribution in [0.15, 0.2) is 30.4 Å². The molecule has 1 fully saturated rings. The summed E-state index contributed by atoms with van der Waals surface area (Å²) in [5, 5.41) is 5.65. The number of nitrogens with two attached hydrogens (primary N) is 1. The van der Waals surface area contributed by atoms with Crippen LogP contribution in [0.25, 0.3) is 0 Å². The van der Waals surface area contributed by atoms with Crippen LogP contribution < -0.4 is 16.4 Å². The van der Waals surface area contributed by atoms with Gasteiger partial charge in [0, 0.05) is 31.6 Å². The van der Waals surface area contributed by atoms with E-state index in [1.54, 1.807) is 4.90 Å². The second-order valence-electron chi connectivity index (χ2n) is 6.77. The van der Waals surface area contributed by atoms with E-state index >= 15 is 0 Å². The maximum absolute atomic E-state index is 12.6. The van der Waals surface area contributed by atoms with Gasteiger partial charge in [-0.05, 0) is 36.6 Å². The average molecular weight is 356 g/mol. The molecule has 2 heterocycles. The molecule has 0 bridgehead atoms. The van der Waals surface area contributed by atoms with Crippen molar-refractivity contribution >= 4 is 17.7 Å². The quantitative estimate of drug-likeness (QED) is 0.374. The van der Waals surface area contributed by atoms with Gasteiger partial charge in [0.15, 0.2) is 0 Å². The molecule has 4 N–H and O–H groups in total. The smallest absolute Gasteiger partial charge is 0.255 e. The van der Waals surface area contributed by atoms with Crippen molar-refractivity contribution in [1.82, 2.24) is 15.5 Å². The molecule has 1 aromatic carbocycles. The fourth-order valence-corrected chi connectivity index (χ4v) is 3.34. The molecule has 3 rings (SSSR count). The normalized spacial score (nSPS) is 19.5. The number of carbonyl (C=O) groups excluding carboxylic acids is 3. The fraction of sp³-hybridized carbons (Fsp3) is 0.421. The first-order chi connectivity index (χ1) is 12.5. The lowest BCUT2D eigenvalue weighted by molar-refractivity contribution is -0.136. The van der Waals surface area contributed by atoms with Gasteiger partial charge in [0.25, 0.3) is 5.91 Å². The molecule has 2 aliphatic heterocycles. The monoisotopic (exact) mass is 356 g/mol. The molecular formula is C19H24N4O3. The molecule has 26 heavy (non-hydrogen) atoms. The van der Waals surface area contributed by atoms with Gasteiger partial charge < -0.3 is 16.0 Å². The van der Waals surface area contributed by atoms with Crippen molar-refractivity contribution < 1.29 is 14.4 Å². The van der Waals surface area contributed by atoms with E-state index < -0.39 is 6.04 Å². The Kier molecular flexibility index (Phi) is 5.49. The van der Waals surface area contributed by atoms with Gasteiger partial charge in [0.05, 0.1) is 0 Å². The number of nitrogens with one attached hydrogen (secondary N) is 2. The van der Waals surface area contributed by atoms with Gasteiger partial charge in [-0.2, -0.15) is 0 Å². The number of nitrogens with zero attached hydrogens (tertiary/aromatic N) is 1. The molecule has 0 aromatic heterocycles. The lowest BCUT2D eigenvalue weighted by Gasteiger charge is -2.29. The molecule has 0 aliphatic carbocycles. The standard InChI is InChI=1S/C19H24N4O3/c1-12(9-20)6-7-21-10-13-2-3-15-14(8-13)11-23(19(15)26)16-4-5-17(24)22-18(16)25/h2-3,8,16,21H,1,4-7,9-11,20H2,(H,22,24,25). The van der Waals surface area contributed by atoms with Crippen LogP contribution in [0.4, 0.5) is 0 Å². The second kappa shape index (κ2) is 7.80. The molecule has 0 radical (unpaired) electrons. The summed E-state index contributed by atoms with van der Waals surface area (Å²) in [6.07, 6.45) is 1.48. The number of rotatable bonds is 7. The first-order valence-corrected chi connectivity index (χ1v) is 8.83. The highest BCUT2D eigenvalue weighted by Crippen LogP contribution is 2.28. The summed E-state index contributed by atoms with van der Waals surface area (Å²) in [6.45, 7) is 6.27. The maximum atomic E-state index is 12.6. The summed E-state index contributed by atoms with van der Waals surface area (Å²) >= 11 is 0. The van der Waals surface area contributed by atoms with E-state index in [0.717, 1.165) is 29.7 Å². The Balaban J connectivity index is 1.62. The third-order valence-corrected chi connectivity index (χ3v) is 4.86. The minimum absolute atomic E-state index is 0.145. The Hall–Kier alpha value is -2.51. The summed E-state index contributed by atoms with van der Waals surface area (Å²) in [4.78, 5) is 37.6. The summed E-state index contributed by atoms with van der Waals surface area (Å²) in [5.41, 5.74) is 9.17. The zero-order valence-electron chi connectivity index (χ0n) is 14.7. The van der Waals surface area contributed by atoms with Gasteiger partial charge in [-0.15, -0.1) is 0 Å². The van der Waals surface area contributed by atoms with Crippen LogP contribution in [0.5, 0.6) is 0 Å². The molecule has 2 aliphatic rings. The summed E-state index contributed by atoms with van der Waals surface area (Å²) in [5.74, 6) is -0.807. The van der Waals surface area contributed by atoms with Crippen LogP contribution in [0.3, 0.4) is 0 Å². The molecule has 7 heteroatoms. The van der Waals surface area contributed by atoms with Crippen molar-refractivity contribution in [2.45, 2.75) is 38.4 Å². The van der Waals surface area contributed by atoms with Crippen molar-refractivity contribution in [2.75, 3.05) is 13.1 Å². The molecule has 0 saturated carbocycles. The van der Waals surface area contributed by atoms with Gasteiger partial charge in [-0.25, -0.2) is 0 Å². The van der Waals surface area contributed by atoms with Gasteiger partial charge >= 0.3 is 0 Å². The largest absolute Gasteiger partial charge is 0.327 e. The van der Waals surface area contributed by atoms with E-state index in [1.165, 1.54) is 0 Å². The topological polar surface area (TPSA) is 105 Å². The van der Waals surface area contributed by atoms with Gasteiger partial charge in [-0.1, -0.05) is 24.3 Å². The lowest BCUT2D eigenvalue weighted by Crippen LogP contribution is -2.52. The van der Waals surface area contributed by atoms with Crippen LogP contribution in [0.1, 0.15) is 40.7 Å². The fourth-order valence-electron chi connectivity index (χ4n) is 3.34. The zero-order valence-corrected chi connectivity index (χ0v) is 14.7. The number of hydrogen-bond donors (Lipinski definition) is 3. The zero-order chi connectivity index (χ0) is 18.7. The maximum Gasteiger partial charge on any atom is 0.255 e. The molecular weight excluding hydrogens is 332 g/mol. The Labute approximate surface area is 152 Å². The van der Waals surface area contributed by atoms with Crippen LogP contribution in [-0.4, -0.2) is 41.8 Å². The first-order valence-electron chi connectivity index (χ1n) is 8.83. The molecule has 7 nitrogen and oxygen atoms in total. The Morgan fingerprint density at radius 1 is 1.35 bits per heavy atom. The van der Waals surface area contributed by atoms with Crippen LogP contribution in [0.2, 0.25) is 0 Å². The van der Waals surface area contributed by atoms with Crippen molar-refractivity contribution in [3.63, 3.8) is 0 Å². The second-order valence-corrected chi connectivity index (χ2v) is 6.77. The van der Waals surface area contributed by atoms with E-state index in [2.05, 4.69) is 17.2 Å². The number of benzene rings is 1.